The van der Waals surface area contributed by atoms with Crippen molar-refractivity contribution in [2.24, 2.45) is 11.8 Å². The molecule has 1 aliphatic heterocycles. The van der Waals surface area contributed by atoms with Gasteiger partial charge >= 0.3 is 6.09 Å². The molecule has 5 nitrogen and oxygen atoms in total. The number of fused-ring (bicyclic) bond motifs is 1. The van der Waals surface area contributed by atoms with Gasteiger partial charge < -0.3 is 15.0 Å². The number of nitrogens with zero attached hydrogens (tertiary/aromatic N) is 1. The number of piperidine rings is 1. The number of hydrogen-bond acceptors (Lipinski definition) is 3. The first kappa shape index (κ1) is 16.4. The van der Waals surface area contributed by atoms with Crippen molar-refractivity contribution in [1.82, 2.24) is 10.2 Å². The summed E-state index contributed by atoms with van der Waals surface area (Å²) in [6.07, 6.45) is 3.34. The summed E-state index contributed by atoms with van der Waals surface area (Å²) >= 11 is 0. The molecule has 3 aliphatic rings. The normalized spacial score (nSPS) is 33.0. The predicted octanol–water partition coefficient (Wildman–Crippen LogP) is 2.62. The van der Waals surface area contributed by atoms with E-state index in [0.29, 0.717) is 11.3 Å². The molecule has 2 saturated carbocycles. The second-order valence-electron chi connectivity index (χ2n) is 7.91. The van der Waals surface area contributed by atoms with Gasteiger partial charge in [-0.05, 0) is 49.7 Å². The van der Waals surface area contributed by atoms with Gasteiger partial charge in [-0.25, -0.2) is 4.79 Å². The minimum atomic E-state index is -0.408. The van der Waals surface area contributed by atoms with Crippen LogP contribution in [-0.4, -0.2) is 43.1 Å². The topological polar surface area (TPSA) is 58.6 Å². The SMILES string of the molecule is COC(=O)NC1CC(C(=O)N2CCC3(c4ccccc4C)CC3C2)C1. The second-order valence-corrected chi connectivity index (χ2v) is 7.91. The number of methoxy groups -OCH3 is 1. The number of alkyl carbamates (subject to hydrolysis) is 1. The first-order valence-corrected chi connectivity index (χ1v) is 9.23. The monoisotopic (exact) mass is 342 g/mol. The van der Waals surface area contributed by atoms with E-state index in [1.54, 1.807) is 0 Å². The van der Waals surface area contributed by atoms with Gasteiger partial charge in [0, 0.05) is 30.5 Å². The Morgan fingerprint density at radius 3 is 2.72 bits per heavy atom. The first-order valence-electron chi connectivity index (χ1n) is 9.23. The van der Waals surface area contributed by atoms with Gasteiger partial charge in [-0.3, -0.25) is 4.79 Å². The molecule has 0 radical (unpaired) electrons. The molecule has 1 aromatic carbocycles. The van der Waals surface area contributed by atoms with E-state index in [4.69, 9.17) is 0 Å². The number of carbonyl (C=O) groups excluding carboxylic acids is 2. The van der Waals surface area contributed by atoms with Crippen molar-refractivity contribution in [3.05, 3.63) is 35.4 Å². The van der Waals surface area contributed by atoms with E-state index in [0.717, 1.165) is 32.4 Å². The molecule has 0 spiro atoms. The van der Waals surface area contributed by atoms with Crippen molar-refractivity contribution in [3.63, 3.8) is 0 Å². The quantitative estimate of drug-likeness (QED) is 0.919. The lowest BCUT2D eigenvalue weighted by Crippen LogP contribution is -2.52. The highest BCUT2D eigenvalue weighted by Crippen LogP contribution is 2.60. The molecule has 2 amide bonds. The van der Waals surface area contributed by atoms with E-state index in [9.17, 15) is 9.59 Å². The average molecular weight is 342 g/mol. The van der Waals surface area contributed by atoms with Crippen LogP contribution in [0.2, 0.25) is 0 Å². The van der Waals surface area contributed by atoms with Crippen LogP contribution >= 0.6 is 0 Å². The van der Waals surface area contributed by atoms with E-state index < -0.39 is 6.09 Å². The fraction of sp³-hybridized carbons (Fsp3) is 0.600. The van der Waals surface area contributed by atoms with E-state index >= 15 is 0 Å². The Balaban J connectivity index is 1.32. The van der Waals surface area contributed by atoms with Crippen LogP contribution in [0.15, 0.2) is 24.3 Å². The van der Waals surface area contributed by atoms with Crippen molar-refractivity contribution < 1.29 is 14.3 Å². The Morgan fingerprint density at radius 2 is 2.04 bits per heavy atom. The molecule has 2 aliphatic carbocycles. The molecule has 3 fully saturated rings. The number of likely N-dealkylation sites (tertiary alicyclic amines) is 1. The Morgan fingerprint density at radius 1 is 1.28 bits per heavy atom. The summed E-state index contributed by atoms with van der Waals surface area (Å²) in [5.74, 6) is 0.940. The van der Waals surface area contributed by atoms with Crippen LogP contribution in [0.1, 0.15) is 36.8 Å². The maximum atomic E-state index is 12.7. The molecule has 5 heteroatoms. The summed E-state index contributed by atoms with van der Waals surface area (Å²) in [6.45, 7) is 3.94. The zero-order chi connectivity index (χ0) is 17.6. The Kier molecular flexibility index (Phi) is 3.97. The maximum Gasteiger partial charge on any atom is 0.407 e. The summed E-state index contributed by atoms with van der Waals surface area (Å²) in [4.78, 5) is 26.0. The molecule has 1 saturated heterocycles. The van der Waals surface area contributed by atoms with Gasteiger partial charge in [0.05, 0.1) is 7.11 Å². The van der Waals surface area contributed by atoms with Crippen molar-refractivity contribution in [2.75, 3.05) is 20.2 Å². The zero-order valence-corrected chi connectivity index (χ0v) is 15.0. The molecule has 134 valence electrons. The minimum Gasteiger partial charge on any atom is -0.453 e. The minimum absolute atomic E-state index is 0.0619. The van der Waals surface area contributed by atoms with Crippen molar-refractivity contribution in [3.8, 4) is 0 Å². The summed E-state index contributed by atoms with van der Waals surface area (Å²) in [7, 11) is 1.36. The third kappa shape index (κ3) is 2.79. The van der Waals surface area contributed by atoms with Crippen molar-refractivity contribution in [2.45, 2.75) is 44.1 Å². The number of nitrogens with one attached hydrogen (secondary N) is 1. The Labute approximate surface area is 148 Å². The summed E-state index contributed by atoms with van der Waals surface area (Å²) in [5, 5.41) is 2.77. The molecule has 2 atom stereocenters. The Bertz CT molecular complexity index is 698. The third-order valence-corrected chi connectivity index (χ3v) is 6.49. The lowest BCUT2D eigenvalue weighted by atomic mass is 9.78. The lowest BCUT2D eigenvalue weighted by molar-refractivity contribution is -0.140. The first-order chi connectivity index (χ1) is 12.0. The third-order valence-electron chi connectivity index (χ3n) is 6.49. The van der Waals surface area contributed by atoms with Gasteiger partial charge in [0.2, 0.25) is 5.91 Å². The van der Waals surface area contributed by atoms with Gasteiger partial charge in [-0.2, -0.15) is 0 Å². The van der Waals surface area contributed by atoms with Gasteiger partial charge in [0.15, 0.2) is 0 Å². The highest BCUT2D eigenvalue weighted by Gasteiger charge is 2.58. The maximum absolute atomic E-state index is 12.7. The van der Waals surface area contributed by atoms with Crippen LogP contribution in [-0.2, 0) is 14.9 Å². The van der Waals surface area contributed by atoms with Crippen LogP contribution in [0.3, 0.4) is 0 Å². The fourth-order valence-corrected chi connectivity index (χ4v) is 4.84. The number of rotatable bonds is 3. The number of ether oxygens (including phenoxy) is 1. The van der Waals surface area contributed by atoms with Crippen LogP contribution in [0.5, 0.6) is 0 Å². The van der Waals surface area contributed by atoms with Gasteiger partial charge in [0.1, 0.15) is 0 Å². The molecule has 1 heterocycles. The van der Waals surface area contributed by atoms with Crippen LogP contribution in [0, 0.1) is 18.8 Å². The largest absolute Gasteiger partial charge is 0.453 e. The second kappa shape index (κ2) is 6.04. The number of hydrogen-bond donors (Lipinski definition) is 1. The number of amides is 2. The van der Waals surface area contributed by atoms with Crippen LogP contribution in [0.25, 0.3) is 0 Å². The van der Waals surface area contributed by atoms with E-state index in [2.05, 4.69) is 46.1 Å². The number of carbonyl (C=O) groups is 2. The van der Waals surface area contributed by atoms with Gasteiger partial charge in [-0.15, -0.1) is 0 Å². The molecule has 2 unspecified atom stereocenters. The number of aryl methyl sites for hydroxylation is 1. The smallest absolute Gasteiger partial charge is 0.407 e. The van der Waals surface area contributed by atoms with Crippen molar-refractivity contribution >= 4 is 12.0 Å². The summed E-state index contributed by atoms with van der Waals surface area (Å²) < 4.78 is 4.61. The number of benzene rings is 1. The molecule has 4 rings (SSSR count). The fourth-order valence-electron chi connectivity index (χ4n) is 4.84. The standard InChI is InChI=1S/C20H26N2O3/c1-13-5-3-4-6-17(13)20-7-8-22(12-15(20)11-20)18(23)14-9-16(10-14)21-19(24)25-2/h3-6,14-16H,7-12H2,1-2H3,(H,21,24). The highest BCUT2D eigenvalue weighted by molar-refractivity contribution is 5.80. The van der Waals surface area contributed by atoms with E-state index in [-0.39, 0.29) is 17.9 Å². The molecule has 1 N–H and O–H groups in total. The van der Waals surface area contributed by atoms with Crippen LogP contribution in [0.4, 0.5) is 4.79 Å². The summed E-state index contributed by atoms with van der Waals surface area (Å²) in [6, 6.07) is 8.77. The molecular formula is C20H26N2O3. The van der Waals surface area contributed by atoms with Gasteiger partial charge in [0.25, 0.3) is 0 Å². The molecule has 0 aromatic heterocycles. The average Bonchev–Trinajstić information content (AvgIpc) is 3.31. The predicted molar refractivity (Wildman–Crippen MR) is 94.2 cm³/mol. The molecular weight excluding hydrogens is 316 g/mol. The lowest BCUT2D eigenvalue weighted by Gasteiger charge is -2.40. The van der Waals surface area contributed by atoms with E-state index in [1.165, 1.54) is 24.7 Å². The molecule has 1 aromatic rings. The zero-order valence-electron chi connectivity index (χ0n) is 15.0. The Hall–Kier alpha value is -2.04. The van der Waals surface area contributed by atoms with E-state index in [1.807, 2.05) is 0 Å². The highest BCUT2D eigenvalue weighted by atomic mass is 16.5. The summed E-state index contributed by atoms with van der Waals surface area (Å²) in [5.41, 5.74) is 3.18. The van der Waals surface area contributed by atoms with Gasteiger partial charge in [-0.1, -0.05) is 24.3 Å². The molecule has 25 heavy (non-hydrogen) atoms. The van der Waals surface area contributed by atoms with Crippen LogP contribution < -0.4 is 5.32 Å². The van der Waals surface area contributed by atoms with Crippen molar-refractivity contribution in [1.29, 1.82) is 0 Å². The molecule has 0 bridgehead atoms.